The van der Waals surface area contributed by atoms with Gasteiger partial charge < -0.3 is 5.32 Å². The van der Waals surface area contributed by atoms with Gasteiger partial charge in [0.1, 0.15) is 0 Å². The van der Waals surface area contributed by atoms with Gasteiger partial charge in [0.15, 0.2) is 0 Å². The summed E-state index contributed by atoms with van der Waals surface area (Å²) in [5.74, 6) is 0. The summed E-state index contributed by atoms with van der Waals surface area (Å²) in [6, 6.07) is 12.3. The third-order valence-corrected chi connectivity index (χ3v) is 4.25. The average Bonchev–Trinajstić information content (AvgIpc) is 2.89. The highest BCUT2D eigenvalue weighted by Crippen LogP contribution is 2.27. The summed E-state index contributed by atoms with van der Waals surface area (Å²) in [7, 11) is 1.96. The van der Waals surface area contributed by atoms with Crippen LogP contribution in [-0.2, 0) is 0 Å². The van der Waals surface area contributed by atoms with E-state index in [2.05, 4.69) is 21.7 Å². The van der Waals surface area contributed by atoms with Crippen molar-refractivity contribution >= 4 is 33.2 Å². The molecule has 0 aliphatic heterocycles. The normalized spacial score (nSPS) is 12.7. The molecule has 0 aliphatic rings. The number of benzene rings is 1. The first-order chi connectivity index (χ1) is 9.28. The fourth-order valence-electron chi connectivity index (χ4n) is 2.20. The third kappa shape index (κ3) is 2.50. The third-order valence-electron chi connectivity index (χ3n) is 3.15. The highest BCUT2D eigenvalue weighted by atomic mass is 35.5. The van der Waals surface area contributed by atoms with Crippen LogP contribution >= 0.6 is 22.9 Å². The first-order valence-electron chi connectivity index (χ1n) is 6.04. The Morgan fingerprint density at radius 2 is 1.95 bits per heavy atom. The van der Waals surface area contributed by atoms with Crippen molar-refractivity contribution in [2.45, 2.75) is 6.04 Å². The van der Waals surface area contributed by atoms with Gasteiger partial charge in [0.05, 0.1) is 16.3 Å². The molecule has 0 radical (unpaired) electrons. The van der Waals surface area contributed by atoms with Crippen molar-refractivity contribution < 1.29 is 0 Å². The van der Waals surface area contributed by atoms with E-state index in [9.17, 15) is 0 Å². The number of thiophene rings is 1. The van der Waals surface area contributed by atoms with Gasteiger partial charge in [-0.3, -0.25) is 4.98 Å². The number of hydrogen-bond donors (Lipinski definition) is 1. The smallest absolute Gasteiger partial charge is 0.0809 e. The van der Waals surface area contributed by atoms with E-state index in [-0.39, 0.29) is 6.04 Å². The van der Waals surface area contributed by atoms with Crippen LogP contribution in [0.5, 0.6) is 0 Å². The molecule has 0 spiro atoms. The molecule has 0 fully saturated rings. The largest absolute Gasteiger partial charge is 0.309 e. The molecular formula is C15H13ClN2S. The van der Waals surface area contributed by atoms with E-state index < -0.39 is 0 Å². The van der Waals surface area contributed by atoms with E-state index in [4.69, 9.17) is 11.6 Å². The summed E-state index contributed by atoms with van der Waals surface area (Å²) in [6.07, 6.45) is 1.94. The number of nitrogens with zero attached hydrogens (tertiary/aromatic N) is 1. The number of rotatable bonds is 3. The predicted molar refractivity (Wildman–Crippen MR) is 82.0 cm³/mol. The van der Waals surface area contributed by atoms with Gasteiger partial charge >= 0.3 is 0 Å². The lowest BCUT2D eigenvalue weighted by atomic mass is 10.0. The second-order valence-electron chi connectivity index (χ2n) is 4.35. The molecule has 1 atom stereocenters. The monoisotopic (exact) mass is 288 g/mol. The molecule has 1 N–H and O–H groups in total. The highest BCUT2D eigenvalue weighted by Gasteiger charge is 2.13. The van der Waals surface area contributed by atoms with Crippen LogP contribution in [0.3, 0.4) is 0 Å². The maximum Gasteiger partial charge on any atom is 0.0809 e. The zero-order chi connectivity index (χ0) is 13.2. The van der Waals surface area contributed by atoms with Crippen molar-refractivity contribution in [3.8, 4) is 0 Å². The molecule has 3 rings (SSSR count). The van der Waals surface area contributed by atoms with Gasteiger partial charge in [-0.05, 0) is 47.8 Å². The first-order valence-corrected chi connectivity index (χ1v) is 7.29. The summed E-state index contributed by atoms with van der Waals surface area (Å²) in [4.78, 5) is 4.50. The molecule has 0 bridgehead atoms. The average molecular weight is 289 g/mol. The number of halogens is 1. The Morgan fingerprint density at radius 1 is 1.16 bits per heavy atom. The van der Waals surface area contributed by atoms with Crippen molar-refractivity contribution in [2.24, 2.45) is 0 Å². The number of pyridine rings is 1. The molecule has 2 heterocycles. The summed E-state index contributed by atoms with van der Waals surface area (Å²) in [6.45, 7) is 0. The standard InChI is InChI=1S/C15H13ClN2S/c1-17-15(10-2-4-12(16)5-3-10)11-8-14-13(18-9-11)6-7-19-14/h2-9,15,17H,1H3. The van der Waals surface area contributed by atoms with E-state index >= 15 is 0 Å². The van der Waals surface area contributed by atoms with Crippen LogP contribution in [0.1, 0.15) is 17.2 Å². The number of fused-ring (bicyclic) bond motifs is 1. The Hall–Kier alpha value is -1.42. The van der Waals surface area contributed by atoms with Crippen LogP contribution in [0, 0.1) is 0 Å². The molecule has 4 heteroatoms. The summed E-state index contributed by atoms with van der Waals surface area (Å²) in [5, 5.41) is 6.16. The van der Waals surface area contributed by atoms with Crippen LogP contribution in [0.4, 0.5) is 0 Å². The quantitative estimate of drug-likeness (QED) is 0.779. The highest BCUT2D eigenvalue weighted by molar-refractivity contribution is 7.17. The molecule has 1 unspecified atom stereocenters. The molecular weight excluding hydrogens is 276 g/mol. The molecule has 19 heavy (non-hydrogen) atoms. The Labute approximate surface area is 121 Å². The number of aromatic nitrogens is 1. The lowest BCUT2D eigenvalue weighted by Crippen LogP contribution is -2.17. The molecule has 2 nitrogen and oxygen atoms in total. The lowest BCUT2D eigenvalue weighted by Gasteiger charge is -2.17. The molecule has 0 aliphatic carbocycles. The Balaban J connectivity index is 2.03. The molecule has 1 aromatic carbocycles. The van der Waals surface area contributed by atoms with Crippen LogP contribution < -0.4 is 5.32 Å². The minimum Gasteiger partial charge on any atom is -0.309 e. The van der Waals surface area contributed by atoms with Crippen molar-refractivity contribution in [1.29, 1.82) is 0 Å². The lowest BCUT2D eigenvalue weighted by molar-refractivity contribution is 0.690. The molecule has 0 saturated heterocycles. The Kier molecular flexibility index (Phi) is 3.51. The van der Waals surface area contributed by atoms with E-state index in [1.165, 1.54) is 15.8 Å². The molecule has 96 valence electrons. The zero-order valence-corrected chi connectivity index (χ0v) is 12.0. The van der Waals surface area contributed by atoms with Crippen molar-refractivity contribution in [3.05, 3.63) is 64.1 Å². The second kappa shape index (κ2) is 5.29. The minimum atomic E-state index is 0.135. The van der Waals surface area contributed by atoms with Gasteiger partial charge in [-0.2, -0.15) is 0 Å². The molecule has 3 aromatic rings. The van der Waals surface area contributed by atoms with E-state index in [1.807, 2.05) is 43.6 Å². The summed E-state index contributed by atoms with van der Waals surface area (Å²) < 4.78 is 1.21. The summed E-state index contributed by atoms with van der Waals surface area (Å²) >= 11 is 7.65. The molecule has 2 aromatic heterocycles. The van der Waals surface area contributed by atoms with Crippen molar-refractivity contribution in [1.82, 2.24) is 10.3 Å². The van der Waals surface area contributed by atoms with Crippen LogP contribution in [0.15, 0.2) is 48.0 Å². The van der Waals surface area contributed by atoms with Gasteiger partial charge in [-0.15, -0.1) is 11.3 Å². The van der Waals surface area contributed by atoms with E-state index in [0.29, 0.717) is 0 Å². The minimum absolute atomic E-state index is 0.135. The van der Waals surface area contributed by atoms with Crippen LogP contribution in [0.25, 0.3) is 10.2 Å². The first kappa shape index (κ1) is 12.6. The predicted octanol–water partition coefficient (Wildman–Crippen LogP) is 4.26. The topological polar surface area (TPSA) is 24.9 Å². The summed E-state index contributed by atoms with van der Waals surface area (Å²) in [5.41, 5.74) is 3.41. The SMILES string of the molecule is CNC(c1ccc(Cl)cc1)c1cnc2ccsc2c1. The maximum absolute atomic E-state index is 5.94. The van der Waals surface area contributed by atoms with E-state index in [1.54, 1.807) is 11.3 Å². The van der Waals surface area contributed by atoms with Gasteiger partial charge in [0.2, 0.25) is 0 Å². The number of hydrogen-bond acceptors (Lipinski definition) is 3. The van der Waals surface area contributed by atoms with E-state index in [0.717, 1.165) is 10.5 Å². The van der Waals surface area contributed by atoms with Gasteiger partial charge in [0, 0.05) is 11.2 Å². The van der Waals surface area contributed by atoms with Crippen LogP contribution in [-0.4, -0.2) is 12.0 Å². The molecule has 0 amide bonds. The number of nitrogens with one attached hydrogen (secondary N) is 1. The molecule has 0 saturated carbocycles. The Bertz CT molecular complexity index is 691. The van der Waals surface area contributed by atoms with Crippen LogP contribution in [0.2, 0.25) is 5.02 Å². The fourth-order valence-corrected chi connectivity index (χ4v) is 3.12. The van der Waals surface area contributed by atoms with Gasteiger partial charge in [-0.25, -0.2) is 0 Å². The maximum atomic E-state index is 5.94. The van der Waals surface area contributed by atoms with Crippen molar-refractivity contribution in [3.63, 3.8) is 0 Å². The fraction of sp³-hybridized carbons (Fsp3) is 0.133. The Morgan fingerprint density at radius 3 is 2.68 bits per heavy atom. The second-order valence-corrected chi connectivity index (χ2v) is 5.73. The van der Waals surface area contributed by atoms with Crippen molar-refractivity contribution in [2.75, 3.05) is 7.05 Å². The van der Waals surface area contributed by atoms with Gasteiger partial charge in [-0.1, -0.05) is 23.7 Å². The zero-order valence-electron chi connectivity index (χ0n) is 10.4. The van der Waals surface area contributed by atoms with Gasteiger partial charge in [0.25, 0.3) is 0 Å².